The van der Waals surface area contributed by atoms with Gasteiger partial charge in [0.2, 0.25) is 0 Å². The molecule has 12 heteroatoms. The first-order valence-corrected chi connectivity index (χ1v) is 5.67. The van der Waals surface area contributed by atoms with Crippen molar-refractivity contribution >= 4 is 0 Å². The average Bonchev–Trinajstić information content (AvgIpc) is 2.48. The van der Waals surface area contributed by atoms with Crippen molar-refractivity contribution in [3.8, 4) is 0 Å². The van der Waals surface area contributed by atoms with Crippen LogP contribution in [0.25, 0.3) is 0 Å². The summed E-state index contributed by atoms with van der Waals surface area (Å²) in [7, 11) is 0. The van der Waals surface area contributed by atoms with E-state index in [1.165, 1.54) is 0 Å². The minimum absolute atomic E-state index is 0.112. The Morgan fingerprint density at radius 1 is 0.409 bits per heavy atom. The fourth-order valence-corrected chi connectivity index (χ4v) is 3.14. The molecule has 0 nitrogen and oxygen atoms in total. The van der Waals surface area contributed by atoms with Gasteiger partial charge in [-0.25, -0.2) is 0 Å². The van der Waals surface area contributed by atoms with Crippen molar-refractivity contribution in [2.75, 3.05) is 0 Å². The van der Waals surface area contributed by atoms with Crippen molar-refractivity contribution in [3.05, 3.63) is 0 Å². The molecule has 1 fully saturated rings. The summed E-state index contributed by atoms with van der Waals surface area (Å²) in [4.78, 5) is 0. The number of halogens is 12. The molecule has 0 radical (unpaired) electrons. The Kier molecular flexibility index (Phi) is 4.44. The first kappa shape index (κ1) is 19.2. The van der Waals surface area contributed by atoms with Crippen LogP contribution in [-0.2, 0) is 0 Å². The molecule has 22 heavy (non-hydrogen) atoms. The van der Waals surface area contributed by atoms with Crippen molar-refractivity contribution in [1.29, 1.82) is 0 Å². The van der Waals surface area contributed by atoms with Gasteiger partial charge in [0, 0.05) is 0 Å². The van der Waals surface area contributed by atoms with E-state index in [0.717, 1.165) is 0 Å². The summed E-state index contributed by atoms with van der Waals surface area (Å²) >= 11 is 0. The highest BCUT2D eigenvalue weighted by Crippen LogP contribution is 2.64. The monoisotopic (exact) mass is 356 g/mol. The molecule has 0 spiro atoms. The molecule has 4 unspecified atom stereocenters. The zero-order valence-corrected chi connectivity index (χ0v) is 10.4. The number of rotatable bonds is 0. The highest BCUT2D eigenvalue weighted by Gasteiger charge is 2.76. The van der Waals surface area contributed by atoms with E-state index in [9.17, 15) is 52.7 Å². The van der Waals surface area contributed by atoms with Gasteiger partial charge in [-0.3, -0.25) is 0 Å². The van der Waals surface area contributed by atoms with Gasteiger partial charge < -0.3 is 0 Å². The van der Waals surface area contributed by atoms with E-state index >= 15 is 0 Å². The molecule has 1 saturated carbocycles. The quantitative estimate of drug-likeness (QED) is 0.514. The van der Waals surface area contributed by atoms with E-state index in [-0.39, 0.29) is 6.92 Å². The fraction of sp³-hybridized carbons (Fsp3) is 1.00. The van der Waals surface area contributed by atoms with E-state index in [1.807, 2.05) is 0 Å². The van der Waals surface area contributed by atoms with Crippen LogP contribution in [0, 0.1) is 29.6 Å². The SMILES string of the molecule is CC1C(C(F)(F)F)C(C(F)(F)F)C(C(F)(F)F)[C@@H]1C(F)(F)F. The maximum absolute atomic E-state index is 12.7. The Hall–Kier alpha value is -0.840. The van der Waals surface area contributed by atoms with Gasteiger partial charge in [-0.15, -0.1) is 0 Å². The molecule has 0 N–H and O–H groups in total. The first-order valence-electron chi connectivity index (χ1n) is 5.67. The molecule has 0 aromatic heterocycles. The minimum Gasteiger partial charge on any atom is -0.171 e. The maximum atomic E-state index is 12.7. The van der Waals surface area contributed by atoms with E-state index in [2.05, 4.69) is 0 Å². The Morgan fingerprint density at radius 3 is 0.727 bits per heavy atom. The number of hydrogen-bond acceptors (Lipinski definition) is 0. The van der Waals surface area contributed by atoms with Gasteiger partial charge in [-0.05, 0) is 5.92 Å². The third-order valence-corrected chi connectivity index (χ3v) is 3.81. The summed E-state index contributed by atoms with van der Waals surface area (Å²) in [5, 5.41) is 0. The molecule has 0 bridgehead atoms. The minimum atomic E-state index is -6.07. The van der Waals surface area contributed by atoms with Gasteiger partial charge in [0.1, 0.15) is 0 Å². The third-order valence-electron chi connectivity index (χ3n) is 3.81. The second-order valence-electron chi connectivity index (χ2n) is 5.13. The van der Waals surface area contributed by atoms with Crippen molar-refractivity contribution < 1.29 is 52.7 Å². The number of hydrogen-bond donors (Lipinski definition) is 0. The highest BCUT2D eigenvalue weighted by molar-refractivity contribution is 5.05. The Balaban J connectivity index is 3.57. The molecule has 1 aliphatic carbocycles. The fourth-order valence-electron chi connectivity index (χ4n) is 3.14. The zero-order chi connectivity index (χ0) is 17.9. The molecule has 1 rings (SSSR count). The summed E-state index contributed by atoms with van der Waals surface area (Å²) in [5.41, 5.74) is 0. The normalized spacial score (nSPS) is 35.0. The summed E-state index contributed by atoms with van der Waals surface area (Å²) < 4.78 is 152. The third kappa shape index (κ3) is 3.39. The number of alkyl halides is 12. The van der Waals surface area contributed by atoms with Gasteiger partial charge in [-0.2, -0.15) is 52.7 Å². The molecule has 0 heterocycles. The van der Waals surface area contributed by atoms with Gasteiger partial charge in [0.15, 0.2) is 0 Å². The van der Waals surface area contributed by atoms with Gasteiger partial charge in [0.05, 0.1) is 23.7 Å². The van der Waals surface area contributed by atoms with Crippen LogP contribution in [0.3, 0.4) is 0 Å². The van der Waals surface area contributed by atoms with Crippen molar-refractivity contribution in [3.63, 3.8) is 0 Å². The lowest BCUT2D eigenvalue weighted by atomic mass is 9.85. The van der Waals surface area contributed by atoms with Crippen molar-refractivity contribution in [1.82, 2.24) is 0 Å². The molecule has 132 valence electrons. The highest BCUT2D eigenvalue weighted by atomic mass is 19.4. The smallest absolute Gasteiger partial charge is 0.171 e. The van der Waals surface area contributed by atoms with Crippen LogP contribution in [0.15, 0.2) is 0 Å². The van der Waals surface area contributed by atoms with E-state index in [0.29, 0.717) is 0 Å². The Labute approximate surface area is 115 Å². The lowest BCUT2D eigenvalue weighted by Crippen LogP contribution is -2.45. The Bertz CT molecular complexity index is 358. The van der Waals surface area contributed by atoms with E-state index < -0.39 is 54.3 Å². The summed E-state index contributed by atoms with van der Waals surface area (Å²) in [6, 6.07) is 0. The summed E-state index contributed by atoms with van der Waals surface area (Å²) in [6.45, 7) is 0.112. The average molecular weight is 356 g/mol. The Morgan fingerprint density at radius 2 is 0.591 bits per heavy atom. The predicted molar refractivity (Wildman–Crippen MR) is 47.3 cm³/mol. The summed E-state index contributed by atoms with van der Waals surface area (Å²) in [6.07, 6.45) is -23.8. The first-order chi connectivity index (χ1) is 9.40. The standard InChI is InChI=1S/C10H8F12/c1-2-3(7(11,12)13)5(9(17,18)19)6(10(20,21)22)4(2)8(14,15)16/h2-6H,1H3/t2?,3-,4?,5?,6?/m1/s1. The van der Waals surface area contributed by atoms with Crippen LogP contribution >= 0.6 is 0 Å². The molecule has 5 atom stereocenters. The van der Waals surface area contributed by atoms with Gasteiger partial charge >= 0.3 is 24.7 Å². The molecule has 0 aromatic carbocycles. The molecular formula is C10H8F12. The molecule has 1 aliphatic rings. The largest absolute Gasteiger partial charge is 0.393 e. The maximum Gasteiger partial charge on any atom is 0.393 e. The molecule has 0 saturated heterocycles. The van der Waals surface area contributed by atoms with Crippen LogP contribution in [0.1, 0.15) is 6.92 Å². The summed E-state index contributed by atoms with van der Waals surface area (Å²) in [5.74, 6) is -18.8. The molecule has 0 amide bonds. The van der Waals surface area contributed by atoms with Gasteiger partial charge in [0.25, 0.3) is 0 Å². The predicted octanol–water partition coefficient (Wildman–Crippen LogP) is 5.35. The second kappa shape index (κ2) is 5.08. The van der Waals surface area contributed by atoms with E-state index in [4.69, 9.17) is 0 Å². The molecule has 0 aliphatic heterocycles. The van der Waals surface area contributed by atoms with Crippen LogP contribution < -0.4 is 0 Å². The topological polar surface area (TPSA) is 0 Å². The molecule has 0 aromatic rings. The lowest BCUT2D eigenvalue weighted by Gasteiger charge is -2.31. The molecular weight excluding hydrogens is 348 g/mol. The second-order valence-corrected chi connectivity index (χ2v) is 5.13. The lowest BCUT2D eigenvalue weighted by molar-refractivity contribution is -0.298. The van der Waals surface area contributed by atoms with E-state index in [1.54, 1.807) is 0 Å². The van der Waals surface area contributed by atoms with Crippen LogP contribution in [0.4, 0.5) is 52.7 Å². The van der Waals surface area contributed by atoms with Crippen LogP contribution in [-0.4, -0.2) is 24.7 Å². The van der Waals surface area contributed by atoms with Gasteiger partial charge in [-0.1, -0.05) is 6.92 Å². The zero-order valence-electron chi connectivity index (χ0n) is 10.4. The van der Waals surface area contributed by atoms with Crippen molar-refractivity contribution in [2.24, 2.45) is 29.6 Å². The van der Waals surface area contributed by atoms with Crippen molar-refractivity contribution in [2.45, 2.75) is 31.6 Å². The van der Waals surface area contributed by atoms with Crippen LogP contribution in [0.5, 0.6) is 0 Å². The van der Waals surface area contributed by atoms with Crippen LogP contribution in [0.2, 0.25) is 0 Å².